The molecule has 0 spiro atoms. The first-order valence-corrected chi connectivity index (χ1v) is 9.59. The molecule has 1 fully saturated rings. The Hall–Kier alpha value is -1.59. The van der Waals surface area contributed by atoms with Gasteiger partial charge in [0.2, 0.25) is 0 Å². The van der Waals surface area contributed by atoms with Crippen LogP contribution in [0.5, 0.6) is 0 Å². The summed E-state index contributed by atoms with van der Waals surface area (Å²) in [4.78, 5) is 6.96. The van der Waals surface area contributed by atoms with Crippen molar-refractivity contribution in [3.05, 3.63) is 35.4 Å². The number of nitrogens with zero attached hydrogens (tertiary/aromatic N) is 2. The highest BCUT2D eigenvalue weighted by Crippen LogP contribution is 2.18. The van der Waals surface area contributed by atoms with Gasteiger partial charge in [0, 0.05) is 32.8 Å². The molecular weight excluding hydrogens is 312 g/mol. The van der Waals surface area contributed by atoms with Gasteiger partial charge in [-0.05, 0) is 49.8 Å². The zero-order valence-electron chi connectivity index (χ0n) is 15.8. The minimum absolute atomic E-state index is 0.503. The number of rotatable bonds is 9. The van der Waals surface area contributed by atoms with Crippen LogP contribution < -0.4 is 11.1 Å². The molecule has 1 aliphatic rings. The van der Waals surface area contributed by atoms with Crippen LogP contribution in [-0.4, -0.2) is 43.7 Å². The summed E-state index contributed by atoms with van der Waals surface area (Å²) in [5.41, 5.74) is 8.46. The highest BCUT2D eigenvalue weighted by Gasteiger charge is 2.15. The summed E-state index contributed by atoms with van der Waals surface area (Å²) in [6.07, 6.45) is 3.63. The quantitative estimate of drug-likeness (QED) is 0.410. The minimum Gasteiger partial charge on any atom is -0.382 e. The Morgan fingerprint density at radius 2 is 2.08 bits per heavy atom. The maximum absolute atomic E-state index is 5.89. The minimum atomic E-state index is 0.503. The predicted octanol–water partition coefficient (Wildman–Crippen LogP) is 2.75. The van der Waals surface area contributed by atoms with Crippen LogP contribution in [0.3, 0.4) is 0 Å². The third kappa shape index (κ3) is 7.88. The highest BCUT2D eigenvalue weighted by molar-refractivity contribution is 5.77. The lowest BCUT2D eigenvalue weighted by Gasteiger charge is -2.30. The standard InChI is InChI=1S/C20H34N4O/c1-3-25-13-5-11-22-20(21)23-14-18-7-9-19(10-8-18)16-24-12-4-6-17(2)15-24/h7-10,17H,3-6,11-16H2,1-2H3,(H3,21,22,23). The third-order valence-corrected chi connectivity index (χ3v) is 4.58. The fourth-order valence-electron chi connectivity index (χ4n) is 3.21. The maximum atomic E-state index is 5.89. The van der Waals surface area contributed by atoms with E-state index in [1.807, 2.05) is 6.92 Å². The molecule has 0 radical (unpaired) electrons. The molecule has 3 N–H and O–H groups in total. The summed E-state index contributed by atoms with van der Waals surface area (Å²) >= 11 is 0. The maximum Gasteiger partial charge on any atom is 0.188 e. The van der Waals surface area contributed by atoms with Crippen LogP contribution in [-0.2, 0) is 17.8 Å². The molecule has 1 aliphatic heterocycles. The highest BCUT2D eigenvalue weighted by atomic mass is 16.5. The van der Waals surface area contributed by atoms with Crippen LogP contribution >= 0.6 is 0 Å². The molecule has 0 bridgehead atoms. The summed E-state index contributed by atoms with van der Waals surface area (Å²) in [5, 5.41) is 3.12. The van der Waals surface area contributed by atoms with E-state index in [2.05, 4.69) is 46.4 Å². The van der Waals surface area contributed by atoms with Gasteiger partial charge < -0.3 is 15.8 Å². The SMILES string of the molecule is CCOCCCNC(N)=NCc1ccc(CN2CCCC(C)C2)cc1. The molecule has 5 nitrogen and oxygen atoms in total. The number of aliphatic imine (C=N–C) groups is 1. The molecule has 5 heteroatoms. The fourth-order valence-corrected chi connectivity index (χ4v) is 3.21. The predicted molar refractivity (Wildman–Crippen MR) is 105 cm³/mol. The number of hydrogen-bond acceptors (Lipinski definition) is 3. The van der Waals surface area contributed by atoms with Crippen molar-refractivity contribution in [3.63, 3.8) is 0 Å². The van der Waals surface area contributed by atoms with Crippen molar-refractivity contribution in [2.75, 3.05) is 32.8 Å². The van der Waals surface area contributed by atoms with E-state index in [4.69, 9.17) is 10.5 Å². The molecule has 0 aromatic heterocycles. The van der Waals surface area contributed by atoms with Gasteiger partial charge in [0.15, 0.2) is 5.96 Å². The van der Waals surface area contributed by atoms with Crippen molar-refractivity contribution in [1.82, 2.24) is 10.2 Å². The number of likely N-dealkylation sites (tertiary alicyclic amines) is 1. The average Bonchev–Trinajstić information content (AvgIpc) is 2.61. The number of ether oxygens (including phenoxy) is 1. The first kappa shape index (κ1) is 19.7. The van der Waals surface area contributed by atoms with Gasteiger partial charge in [-0.1, -0.05) is 31.2 Å². The topological polar surface area (TPSA) is 62.9 Å². The number of nitrogens with two attached hydrogens (primary N) is 1. The van der Waals surface area contributed by atoms with Crippen LogP contribution in [0, 0.1) is 5.92 Å². The largest absolute Gasteiger partial charge is 0.382 e. The number of nitrogens with one attached hydrogen (secondary N) is 1. The first-order valence-electron chi connectivity index (χ1n) is 9.59. The van der Waals surface area contributed by atoms with Crippen molar-refractivity contribution in [1.29, 1.82) is 0 Å². The Kier molecular flexibility index (Phi) is 8.77. The Bertz CT molecular complexity index is 515. The monoisotopic (exact) mass is 346 g/mol. The average molecular weight is 347 g/mol. The van der Waals surface area contributed by atoms with Crippen molar-refractivity contribution in [3.8, 4) is 0 Å². The van der Waals surface area contributed by atoms with E-state index < -0.39 is 0 Å². The molecule has 140 valence electrons. The Morgan fingerprint density at radius 3 is 2.80 bits per heavy atom. The molecule has 1 saturated heterocycles. The summed E-state index contributed by atoms with van der Waals surface area (Å²) < 4.78 is 5.29. The number of piperidine rings is 1. The van der Waals surface area contributed by atoms with E-state index in [9.17, 15) is 0 Å². The van der Waals surface area contributed by atoms with E-state index in [1.165, 1.54) is 37.1 Å². The Morgan fingerprint density at radius 1 is 1.32 bits per heavy atom. The first-order chi connectivity index (χ1) is 12.2. The summed E-state index contributed by atoms with van der Waals surface area (Å²) in [6, 6.07) is 8.76. The second-order valence-electron chi connectivity index (χ2n) is 6.98. The lowest BCUT2D eigenvalue weighted by atomic mass is 9.99. The molecule has 0 amide bonds. The molecule has 1 aromatic carbocycles. The van der Waals surface area contributed by atoms with Crippen LogP contribution in [0.25, 0.3) is 0 Å². The zero-order valence-corrected chi connectivity index (χ0v) is 15.8. The van der Waals surface area contributed by atoms with Crippen molar-refractivity contribution in [2.24, 2.45) is 16.6 Å². The molecule has 1 atom stereocenters. The normalized spacial score (nSPS) is 19.1. The van der Waals surface area contributed by atoms with Gasteiger partial charge >= 0.3 is 0 Å². The summed E-state index contributed by atoms with van der Waals surface area (Å²) in [5.74, 6) is 1.33. The molecular formula is C20H34N4O. The Labute approximate surface area is 152 Å². The van der Waals surface area contributed by atoms with Crippen LogP contribution in [0.1, 0.15) is 44.2 Å². The number of hydrogen-bond donors (Lipinski definition) is 2. The number of guanidine groups is 1. The second-order valence-corrected chi connectivity index (χ2v) is 6.98. The van der Waals surface area contributed by atoms with Gasteiger partial charge in [0.1, 0.15) is 0 Å². The van der Waals surface area contributed by atoms with E-state index in [0.29, 0.717) is 12.5 Å². The smallest absolute Gasteiger partial charge is 0.188 e. The lowest BCUT2D eigenvalue weighted by Crippen LogP contribution is -2.33. The molecule has 25 heavy (non-hydrogen) atoms. The number of benzene rings is 1. The fraction of sp³-hybridized carbons (Fsp3) is 0.650. The van der Waals surface area contributed by atoms with Crippen LogP contribution in [0.4, 0.5) is 0 Å². The molecule has 1 unspecified atom stereocenters. The van der Waals surface area contributed by atoms with Gasteiger partial charge in [-0.2, -0.15) is 0 Å². The summed E-state index contributed by atoms with van der Waals surface area (Å²) in [6.45, 7) is 10.8. The molecule has 2 rings (SSSR count). The third-order valence-electron chi connectivity index (χ3n) is 4.58. The van der Waals surface area contributed by atoms with Gasteiger partial charge in [0.05, 0.1) is 6.54 Å². The van der Waals surface area contributed by atoms with Gasteiger partial charge in [-0.3, -0.25) is 4.90 Å². The van der Waals surface area contributed by atoms with E-state index in [-0.39, 0.29) is 0 Å². The molecule has 0 aliphatic carbocycles. The molecule has 0 saturated carbocycles. The van der Waals surface area contributed by atoms with Crippen molar-refractivity contribution < 1.29 is 4.74 Å². The lowest BCUT2D eigenvalue weighted by molar-refractivity contribution is 0.145. The second kappa shape index (κ2) is 11.1. The van der Waals surface area contributed by atoms with Gasteiger partial charge in [-0.25, -0.2) is 4.99 Å². The molecule has 1 heterocycles. The zero-order chi connectivity index (χ0) is 17.9. The van der Waals surface area contributed by atoms with Crippen molar-refractivity contribution >= 4 is 5.96 Å². The van der Waals surface area contributed by atoms with Crippen molar-refractivity contribution in [2.45, 2.75) is 46.2 Å². The van der Waals surface area contributed by atoms with Gasteiger partial charge in [-0.15, -0.1) is 0 Å². The van der Waals surface area contributed by atoms with Crippen LogP contribution in [0.15, 0.2) is 29.3 Å². The molecule has 1 aromatic rings. The van der Waals surface area contributed by atoms with Crippen LogP contribution in [0.2, 0.25) is 0 Å². The Balaban J connectivity index is 1.71. The van der Waals surface area contributed by atoms with E-state index in [1.54, 1.807) is 0 Å². The summed E-state index contributed by atoms with van der Waals surface area (Å²) in [7, 11) is 0. The van der Waals surface area contributed by atoms with E-state index >= 15 is 0 Å². The van der Waals surface area contributed by atoms with Gasteiger partial charge in [0.25, 0.3) is 0 Å². The van der Waals surface area contributed by atoms with E-state index in [0.717, 1.165) is 38.6 Å².